The molecule has 0 aliphatic heterocycles. The largest absolute Gasteiger partial charge is 0.465 e. The van der Waals surface area contributed by atoms with Gasteiger partial charge in [0, 0.05) is 17.4 Å². The molecule has 0 N–H and O–H groups in total. The van der Waals surface area contributed by atoms with Crippen molar-refractivity contribution in [3.63, 3.8) is 0 Å². The van der Waals surface area contributed by atoms with Crippen LogP contribution in [0.4, 0.5) is 0 Å². The quantitative estimate of drug-likeness (QED) is 0.195. The summed E-state index contributed by atoms with van der Waals surface area (Å²) in [5.74, 6) is -3.99. The first-order valence-electron chi connectivity index (χ1n) is 14.5. The minimum atomic E-state index is -1.12. The Bertz CT molecular complexity index is 1100. The molecule has 2 saturated carbocycles. The normalized spacial score (nSPS) is 23.9. The summed E-state index contributed by atoms with van der Waals surface area (Å²) in [5.41, 5.74) is -0.793. The molecule has 224 valence electrons. The molecule has 1 aromatic rings. The molecule has 4 atom stereocenters. The summed E-state index contributed by atoms with van der Waals surface area (Å²) >= 11 is 0. The minimum Gasteiger partial charge on any atom is -0.465 e. The van der Waals surface area contributed by atoms with Gasteiger partial charge in [0.15, 0.2) is 5.78 Å². The fourth-order valence-electron chi connectivity index (χ4n) is 5.91. The fraction of sp³-hybridized carbons (Fsp3) is 0.625. The summed E-state index contributed by atoms with van der Waals surface area (Å²) in [7, 11) is 0. The van der Waals surface area contributed by atoms with Crippen molar-refractivity contribution in [1.29, 1.82) is 0 Å². The third-order valence-electron chi connectivity index (χ3n) is 8.39. The lowest BCUT2D eigenvalue weighted by Crippen LogP contribution is -2.41. The second kappa shape index (κ2) is 14.5. The van der Waals surface area contributed by atoms with Gasteiger partial charge >= 0.3 is 17.9 Å². The lowest BCUT2D eigenvalue weighted by atomic mass is 9.77. The molecule has 2 aliphatic rings. The molecule has 0 spiro atoms. The summed E-state index contributed by atoms with van der Waals surface area (Å²) in [4.78, 5) is 75.4. The Morgan fingerprint density at radius 2 is 1.02 bits per heavy atom. The number of rotatable bonds is 12. The highest BCUT2D eigenvalue weighted by Gasteiger charge is 2.39. The Kier molecular flexibility index (Phi) is 11.4. The number of carbonyl (C=O) groups excluding carboxylic acids is 6. The van der Waals surface area contributed by atoms with E-state index in [2.05, 4.69) is 0 Å². The standard InChI is InChI=1S/C32H42O9/c1-20(33)23-11-5-8-14-26(23)29(36)39-17-32(4,18-40-30(37)27-15-9-6-12-24(27)21(2)34)19-41-31(38)28-16-10-7-13-25(28)22(3)35/h5,8,11,14,24-25,27-28H,6-7,9-10,12-13,15-19H2,1-4H3. The summed E-state index contributed by atoms with van der Waals surface area (Å²) in [5, 5.41) is 0. The number of hydrogen-bond donors (Lipinski definition) is 0. The van der Waals surface area contributed by atoms with Crippen LogP contribution in [0, 0.1) is 29.1 Å². The van der Waals surface area contributed by atoms with Crippen molar-refractivity contribution in [2.75, 3.05) is 19.8 Å². The SMILES string of the molecule is CC(=O)c1ccccc1C(=O)OCC(C)(COC(=O)C1CCCCC1C(C)=O)COC(=O)C1CCCCC1C(C)=O. The van der Waals surface area contributed by atoms with Crippen molar-refractivity contribution in [2.24, 2.45) is 29.1 Å². The molecule has 9 heteroatoms. The predicted molar refractivity (Wildman–Crippen MR) is 149 cm³/mol. The maximum absolute atomic E-state index is 13.1. The van der Waals surface area contributed by atoms with E-state index < -0.39 is 47.0 Å². The van der Waals surface area contributed by atoms with Gasteiger partial charge in [-0.05, 0) is 59.4 Å². The van der Waals surface area contributed by atoms with Crippen LogP contribution in [0.2, 0.25) is 0 Å². The highest BCUT2D eigenvalue weighted by molar-refractivity contribution is 6.05. The van der Waals surface area contributed by atoms with Crippen LogP contribution < -0.4 is 0 Å². The van der Waals surface area contributed by atoms with Crippen LogP contribution in [-0.2, 0) is 33.4 Å². The summed E-state index contributed by atoms with van der Waals surface area (Å²) < 4.78 is 16.9. The van der Waals surface area contributed by atoms with Crippen molar-refractivity contribution in [3.05, 3.63) is 35.4 Å². The Labute approximate surface area is 241 Å². The number of Topliss-reactive ketones (excluding diaryl/α,β-unsaturated/α-hetero) is 3. The Morgan fingerprint density at radius 1 is 0.634 bits per heavy atom. The topological polar surface area (TPSA) is 130 Å². The highest BCUT2D eigenvalue weighted by atomic mass is 16.6. The van der Waals surface area contributed by atoms with E-state index >= 15 is 0 Å². The Balaban J connectivity index is 1.74. The molecule has 0 aromatic heterocycles. The van der Waals surface area contributed by atoms with E-state index in [0.29, 0.717) is 25.7 Å². The van der Waals surface area contributed by atoms with Gasteiger partial charge in [-0.2, -0.15) is 0 Å². The Hall–Kier alpha value is -3.36. The third kappa shape index (κ3) is 8.57. The van der Waals surface area contributed by atoms with Gasteiger partial charge in [-0.1, -0.05) is 43.9 Å². The summed E-state index contributed by atoms with van der Waals surface area (Å²) in [6.07, 6.45) is 5.78. The van der Waals surface area contributed by atoms with Gasteiger partial charge < -0.3 is 14.2 Å². The molecule has 41 heavy (non-hydrogen) atoms. The molecule has 0 radical (unpaired) electrons. The van der Waals surface area contributed by atoms with Crippen LogP contribution >= 0.6 is 0 Å². The molecule has 1 aromatic carbocycles. The number of ether oxygens (including phenoxy) is 3. The number of esters is 3. The average Bonchev–Trinajstić information content (AvgIpc) is 2.97. The molecule has 4 unspecified atom stereocenters. The van der Waals surface area contributed by atoms with Crippen molar-refractivity contribution in [3.8, 4) is 0 Å². The second-order valence-corrected chi connectivity index (χ2v) is 11.9. The molecular weight excluding hydrogens is 528 g/mol. The number of ketones is 3. The first-order chi connectivity index (χ1) is 19.4. The van der Waals surface area contributed by atoms with Crippen LogP contribution in [-0.4, -0.2) is 55.1 Å². The Morgan fingerprint density at radius 3 is 1.44 bits per heavy atom. The lowest BCUT2D eigenvalue weighted by Gasteiger charge is -2.33. The van der Waals surface area contributed by atoms with Crippen LogP contribution in [0.1, 0.15) is 99.8 Å². The van der Waals surface area contributed by atoms with Crippen molar-refractivity contribution >= 4 is 35.3 Å². The van der Waals surface area contributed by atoms with E-state index in [0.717, 1.165) is 25.7 Å². The van der Waals surface area contributed by atoms with Gasteiger partial charge in [0.05, 0.1) is 22.8 Å². The zero-order valence-electron chi connectivity index (χ0n) is 24.6. The maximum Gasteiger partial charge on any atom is 0.338 e. The van der Waals surface area contributed by atoms with E-state index in [4.69, 9.17) is 14.2 Å². The molecule has 0 heterocycles. The molecular formula is C32H42O9. The van der Waals surface area contributed by atoms with E-state index in [-0.39, 0.29) is 48.3 Å². The van der Waals surface area contributed by atoms with Gasteiger partial charge in [-0.25, -0.2) is 4.79 Å². The van der Waals surface area contributed by atoms with Gasteiger partial charge in [0.25, 0.3) is 0 Å². The monoisotopic (exact) mass is 570 g/mol. The molecule has 0 bridgehead atoms. The van der Waals surface area contributed by atoms with E-state index in [1.807, 2.05) is 0 Å². The third-order valence-corrected chi connectivity index (χ3v) is 8.39. The van der Waals surface area contributed by atoms with E-state index in [1.165, 1.54) is 32.9 Å². The average molecular weight is 571 g/mol. The molecule has 2 fully saturated rings. The van der Waals surface area contributed by atoms with Gasteiger partial charge in [-0.3, -0.25) is 24.0 Å². The van der Waals surface area contributed by atoms with Crippen molar-refractivity contribution in [2.45, 2.75) is 79.1 Å². The van der Waals surface area contributed by atoms with Crippen LogP contribution in [0.3, 0.4) is 0 Å². The lowest BCUT2D eigenvalue weighted by molar-refractivity contribution is -0.165. The second-order valence-electron chi connectivity index (χ2n) is 11.9. The predicted octanol–water partition coefficient (Wildman–Crippen LogP) is 4.93. The first-order valence-corrected chi connectivity index (χ1v) is 14.5. The minimum absolute atomic E-state index is 0.0473. The fourth-order valence-corrected chi connectivity index (χ4v) is 5.91. The molecule has 9 nitrogen and oxygen atoms in total. The zero-order chi connectivity index (χ0) is 30.2. The van der Waals surface area contributed by atoms with Crippen LogP contribution in [0.15, 0.2) is 24.3 Å². The van der Waals surface area contributed by atoms with Crippen molar-refractivity contribution < 1.29 is 43.0 Å². The summed E-state index contributed by atoms with van der Waals surface area (Å²) in [6.45, 7) is 5.29. The van der Waals surface area contributed by atoms with Gasteiger partial charge in [0.2, 0.25) is 0 Å². The van der Waals surface area contributed by atoms with Crippen LogP contribution in [0.5, 0.6) is 0 Å². The van der Waals surface area contributed by atoms with Gasteiger partial charge in [0.1, 0.15) is 31.4 Å². The highest BCUT2D eigenvalue weighted by Crippen LogP contribution is 2.34. The molecule has 0 amide bonds. The van der Waals surface area contributed by atoms with E-state index in [9.17, 15) is 28.8 Å². The van der Waals surface area contributed by atoms with E-state index in [1.54, 1.807) is 19.1 Å². The molecule has 3 rings (SSSR count). The number of benzene rings is 1. The number of carbonyl (C=O) groups is 6. The maximum atomic E-state index is 13.1. The van der Waals surface area contributed by atoms with Crippen LogP contribution in [0.25, 0.3) is 0 Å². The zero-order valence-corrected chi connectivity index (χ0v) is 24.6. The number of hydrogen-bond acceptors (Lipinski definition) is 9. The molecule has 0 saturated heterocycles. The molecule has 2 aliphatic carbocycles. The van der Waals surface area contributed by atoms with Gasteiger partial charge in [-0.15, -0.1) is 0 Å². The summed E-state index contributed by atoms with van der Waals surface area (Å²) in [6, 6.07) is 6.30. The van der Waals surface area contributed by atoms with Crippen molar-refractivity contribution in [1.82, 2.24) is 0 Å². The smallest absolute Gasteiger partial charge is 0.338 e. The first kappa shape index (κ1) is 32.2.